The highest BCUT2D eigenvalue weighted by atomic mass is 16.5. The van der Waals surface area contributed by atoms with Crippen molar-refractivity contribution in [2.75, 3.05) is 26.3 Å². The fourth-order valence-corrected chi connectivity index (χ4v) is 3.05. The van der Waals surface area contributed by atoms with Gasteiger partial charge in [0.05, 0.1) is 12.7 Å². The Morgan fingerprint density at radius 1 is 1.15 bits per heavy atom. The molecule has 1 atom stereocenters. The van der Waals surface area contributed by atoms with Crippen LogP contribution in [-0.2, 0) is 17.6 Å². The number of benzene rings is 1. The van der Waals surface area contributed by atoms with E-state index >= 15 is 0 Å². The van der Waals surface area contributed by atoms with Crippen LogP contribution in [0.5, 0.6) is 5.75 Å². The van der Waals surface area contributed by atoms with Gasteiger partial charge in [0.15, 0.2) is 0 Å². The lowest BCUT2D eigenvalue weighted by Crippen LogP contribution is -2.26. The highest BCUT2D eigenvalue weighted by Crippen LogP contribution is 2.25. The lowest BCUT2D eigenvalue weighted by atomic mass is 10.1. The molecule has 0 saturated carbocycles. The number of hydrogen-bond acceptors (Lipinski definition) is 3. The van der Waals surface area contributed by atoms with E-state index in [1.54, 1.807) is 0 Å². The first-order valence-electron chi connectivity index (χ1n) is 7.99. The average Bonchev–Trinajstić information content (AvgIpc) is 2.95. The van der Waals surface area contributed by atoms with E-state index in [2.05, 4.69) is 23.5 Å². The summed E-state index contributed by atoms with van der Waals surface area (Å²) < 4.78 is 11.3. The van der Waals surface area contributed by atoms with Crippen molar-refractivity contribution in [1.29, 1.82) is 0 Å². The van der Waals surface area contributed by atoms with E-state index in [1.165, 1.54) is 30.4 Å². The highest BCUT2D eigenvalue weighted by molar-refractivity contribution is 5.39. The van der Waals surface area contributed by atoms with Crippen molar-refractivity contribution in [1.82, 2.24) is 5.32 Å². The van der Waals surface area contributed by atoms with E-state index in [0.717, 1.165) is 51.3 Å². The van der Waals surface area contributed by atoms with E-state index in [9.17, 15) is 0 Å². The van der Waals surface area contributed by atoms with Crippen molar-refractivity contribution >= 4 is 0 Å². The van der Waals surface area contributed by atoms with Crippen LogP contribution in [0.2, 0.25) is 0 Å². The van der Waals surface area contributed by atoms with Gasteiger partial charge in [-0.3, -0.25) is 0 Å². The van der Waals surface area contributed by atoms with E-state index in [0.29, 0.717) is 6.10 Å². The summed E-state index contributed by atoms with van der Waals surface area (Å²) in [4.78, 5) is 0. The van der Waals surface area contributed by atoms with Crippen LogP contribution in [0, 0.1) is 0 Å². The Balaban J connectivity index is 1.33. The van der Waals surface area contributed by atoms with E-state index < -0.39 is 0 Å². The fraction of sp³-hybridized carbons (Fsp3) is 0.647. The van der Waals surface area contributed by atoms with E-state index in [1.807, 2.05) is 0 Å². The molecule has 1 aromatic rings. The molecule has 3 nitrogen and oxygen atoms in total. The molecule has 1 aromatic carbocycles. The molecule has 1 unspecified atom stereocenters. The Morgan fingerprint density at radius 2 is 2.15 bits per heavy atom. The van der Waals surface area contributed by atoms with E-state index in [4.69, 9.17) is 9.47 Å². The first kappa shape index (κ1) is 13.9. The van der Waals surface area contributed by atoms with Gasteiger partial charge in [-0.25, -0.2) is 0 Å². The van der Waals surface area contributed by atoms with Crippen molar-refractivity contribution in [3.8, 4) is 5.75 Å². The Labute approximate surface area is 121 Å². The molecular weight excluding hydrogens is 250 g/mol. The maximum Gasteiger partial charge on any atom is 0.122 e. The first-order valence-corrected chi connectivity index (χ1v) is 7.99. The molecule has 1 saturated heterocycles. The molecule has 0 radical (unpaired) electrons. The molecule has 0 aromatic heterocycles. The molecule has 1 N–H and O–H groups in total. The number of nitrogens with one attached hydrogen (secondary N) is 1. The van der Waals surface area contributed by atoms with Gasteiger partial charge in [0.1, 0.15) is 5.75 Å². The predicted molar refractivity (Wildman–Crippen MR) is 80.4 cm³/mol. The molecule has 0 aliphatic carbocycles. The smallest absolute Gasteiger partial charge is 0.122 e. The monoisotopic (exact) mass is 275 g/mol. The van der Waals surface area contributed by atoms with Gasteiger partial charge in [0.25, 0.3) is 0 Å². The molecule has 0 amide bonds. The minimum atomic E-state index is 0.494. The SMILES string of the molecule is c1cc2c(cc1CCNCCC1CCCCO1)CCO2. The summed E-state index contributed by atoms with van der Waals surface area (Å²) in [6, 6.07) is 6.61. The molecular formula is C17H25NO2. The fourth-order valence-electron chi connectivity index (χ4n) is 3.05. The van der Waals surface area contributed by atoms with Gasteiger partial charge in [-0.15, -0.1) is 0 Å². The molecule has 1 fully saturated rings. The summed E-state index contributed by atoms with van der Waals surface area (Å²) in [6.45, 7) is 3.92. The van der Waals surface area contributed by atoms with Gasteiger partial charge in [0.2, 0.25) is 0 Å². The van der Waals surface area contributed by atoms with Crippen LogP contribution < -0.4 is 10.1 Å². The zero-order valence-corrected chi connectivity index (χ0v) is 12.2. The molecule has 2 aliphatic rings. The van der Waals surface area contributed by atoms with Gasteiger partial charge in [-0.1, -0.05) is 12.1 Å². The molecule has 110 valence electrons. The second-order valence-corrected chi connectivity index (χ2v) is 5.82. The number of rotatable bonds is 6. The average molecular weight is 275 g/mol. The summed E-state index contributed by atoms with van der Waals surface area (Å²) >= 11 is 0. The van der Waals surface area contributed by atoms with Gasteiger partial charge in [-0.05, 0) is 62.4 Å². The van der Waals surface area contributed by atoms with E-state index in [-0.39, 0.29) is 0 Å². The molecule has 0 bridgehead atoms. The maximum absolute atomic E-state index is 5.74. The van der Waals surface area contributed by atoms with Crippen LogP contribution in [-0.4, -0.2) is 32.4 Å². The molecule has 20 heavy (non-hydrogen) atoms. The largest absolute Gasteiger partial charge is 0.493 e. The molecule has 2 aliphatic heterocycles. The summed E-state index contributed by atoms with van der Waals surface area (Å²) in [5.41, 5.74) is 2.79. The van der Waals surface area contributed by atoms with Crippen molar-refractivity contribution in [3.05, 3.63) is 29.3 Å². The Bertz CT molecular complexity index is 427. The van der Waals surface area contributed by atoms with Gasteiger partial charge in [0, 0.05) is 13.0 Å². The second kappa shape index (κ2) is 7.09. The standard InChI is InChI=1S/C17H25NO2/c1-2-11-19-16(3-1)7-10-18-9-6-14-4-5-17-15(13-14)8-12-20-17/h4-5,13,16,18H,1-3,6-12H2. The molecule has 2 heterocycles. The van der Waals surface area contributed by atoms with Crippen LogP contribution in [0.15, 0.2) is 18.2 Å². The normalized spacial score (nSPS) is 21.5. The number of fused-ring (bicyclic) bond motifs is 1. The van der Waals surface area contributed by atoms with Crippen molar-refractivity contribution in [2.24, 2.45) is 0 Å². The molecule has 0 spiro atoms. The van der Waals surface area contributed by atoms with Crippen LogP contribution in [0.25, 0.3) is 0 Å². The minimum absolute atomic E-state index is 0.494. The van der Waals surface area contributed by atoms with Gasteiger partial charge in [-0.2, -0.15) is 0 Å². The Hall–Kier alpha value is -1.06. The third-order valence-corrected chi connectivity index (χ3v) is 4.26. The zero-order valence-electron chi connectivity index (χ0n) is 12.2. The topological polar surface area (TPSA) is 30.5 Å². The van der Waals surface area contributed by atoms with Crippen molar-refractivity contribution in [3.63, 3.8) is 0 Å². The third kappa shape index (κ3) is 3.74. The van der Waals surface area contributed by atoms with Crippen molar-refractivity contribution in [2.45, 2.75) is 44.6 Å². The lowest BCUT2D eigenvalue weighted by Gasteiger charge is -2.22. The third-order valence-electron chi connectivity index (χ3n) is 4.26. The molecule has 3 heteroatoms. The summed E-state index contributed by atoms with van der Waals surface area (Å²) in [5, 5.41) is 3.54. The van der Waals surface area contributed by atoms with Gasteiger partial charge >= 0.3 is 0 Å². The second-order valence-electron chi connectivity index (χ2n) is 5.82. The lowest BCUT2D eigenvalue weighted by molar-refractivity contribution is 0.0116. The van der Waals surface area contributed by atoms with Crippen LogP contribution in [0.3, 0.4) is 0 Å². The summed E-state index contributed by atoms with van der Waals surface area (Å²) in [5.74, 6) is 1.08. The number of hydrogen-bond donors (Lipinski definition) is 1. The summed E-state index contributed by atoms with van der Waals surface area (Å²) in [7, 11) is 0. The first-order chi connectivity index (χ1) is 9.92. The van der Waals surface area contributed by atoms with Crippen molar-refractivity contribution < 1.29 is 9.47 Å². The molecule has 3 rings (SSSR count). The zero-order chi connectivity index (χ0) is 13.6. The highest BCUT2D eigenvalue weighted by Gasteiger charge is 2.13. The Kier molecular flexibility index (Phi) is 4.93. The minimum Gasteiger partial charge on any atom is -0.493 e. The summed E-state index contributed by atoms with van der Waals surface area (Å²) in [6.07, 6.45) is 7.63. The van der Waals surface area contributed by atoms with Gasteiger partial charge < -0.3 is 14.8 Å². The van der Waals surface area contributed by atoms with Crippen LogP contribution in [0.1, 0.15) is 36.8 Å². The predicted octanol–water partition coefficient (Wildman–Crippen LogP) is 2.71. The Morgan fingerprint density at radius 3 is 3.05 bits per heavy atom. The maximum atomic E-state index is 5.74. The quantitative estimate of drug-likeness (QED) is 0.810. The van der Waals surface area contributed by atoms with Crippen LogP contribution in [0.4, 0.5) is 0 Å². The number of ether oxygens (including phenoxy) is 2. The van der Waals surface area contributed by atoms with Crippen LogP contribution >= 0.6 is 0 Å².